The van der Waals surface area contributed by atoms with Crippen molar-refractivity contribution in [3.05, 3.63) is 78.1 Å². The fourth-order valence-corrected chi connectivity index (χ4v) is 2.94. The lowest BCUT2D eigenvalue weighted by atomic mass is 10.1. The van der Waals surface area contributed by atoms with E-state index in [4.69, 9.17) is 10.5 Å². The number of halogens is 1. The van der Waals surface area contributed by atoms with E-state index in [1.807, 2.05) is 37.3 Å². The molecular weight excluding hydrogens is 331 g/mol. The second kappa shape index (κ2) is 6.48. The number of aryl methyl sites for hydroxylation is 1. The van der Waals surface area contributed by atoms with Crippen LogP contribution < -0.4 is 10.5 Å². The zero-order valence-corrected chi connectivity index (χ0v) is 14.2. The molecule has 0 aliphatic heterocycles. The van der Waals surface area contributed by atoms with E-state index in [0.29, 0.717) is 28.4 Å². The third kappa shape index (κ3) is 2.75. The predicted octanol–water partition coefficient (Wildman–Crippen LogP) is 4.01. The Bertz CT molecular complexity index is 1080. The van der Waals surface area contributed by atoms with E-state index in [0.717, 1.165) is 5.56 Å². The van der Waals surface area contributed by atoms with Gasteiger partial charge in [0.05, 0.1) is 0 Å². The summed E-state index contributed by atoms with van der Waals surface area (Å²) in [6, 6.07) is 14.6. The summed E-state index contributed by atoms with van der Waals surface area (Å²) in [4.78, 5) is 8.59. The second-order valence-corrected chi connectivity index (χ2v) is 5.93. The van der Waals surface area contributed by atoms with Gasteiger partial charge in [-0.3, -0.25) is 4.40 Å². The molecule has 5 nitrogen and oxygen atoms in total. The van der Waals surface area contributed by atoms with E-state index >= 15 is 4.39 Å². The van der Waals surface area contributed by atoms with Crippen LogP contribution >= 0.6 is 0 Å². The molecule has 2 aromatic carbocycles. The Kier molecular flexibility index (Phi) is 4.01. The van der Waals surface area contributed by atoms with Crippen LogP contribution in [0.4, 0.5) is 10.2 Å². The van der Waals surface area contributed by atoms with Crippen LogP contribution in [0.2, 0.25) is 0 Å². The summed E-state index contributed by atoms with van der Waals surface area (Å²) in [7, 11) is 0. The molecule has 0 saturated heterocycles. The Balaban J connectivity index is 1.75. The van der Waals surface area contributed by atoms with Crippen molar-refractivity contribution >= 4 is 11.3 Å². The molecular formula is C20H17FN4O. The summed E-state index contributed by atoms with van der Waals surface area (Å²) in [6.07, 6.45) is 3.35. The van der Waals surface area contributed by atoms with Crippen LogP contribution in [-0.2, 0) is 6.61 Å². The number of benzene rings is 2. The lowest BCUT2D eigenvalue weighted by molar-refractivity contribution is 0.291. The Morgan fingerprint density at radius 3 is 2.73 bits per heavy atom. The van der Waals surface area contributed by atoms with Crippen LogP contribution in [0.25, 0.3) is 16.8 Å². The molecule has 6 heteroatoms. The highest BCUT2D eigenvalue weighted by molar-refractivity contribution is 5.85. The number of fused-ring (bicyclic) bond motifs is 1. The molecule has 2 N–H and O–H groups in total. The van der Waals surface area contributed by atoms with Crippen molar-refractivity contribution in [1.82, 2.24) is 14.4 Å². The normalized spacial score (nSPS) is 11.0. The molecule has 0 aliphatic carbocycles. The van der Waals surface area contributed by atoms with Gasteiger partial charge in [-0.1, -0.05) is 36.4 Å². The van der Waals surface area contributed by atoms with Crippen LogP contribution in [0.15, 0.2) is 60.9 Å². The maximum absolute atomic E-state index is 15.1. The summed E-state index contributed by atoms with van der Waals surface area (Å²) >= 11 is 0. The monoisotopic (exact) mass is 348 g/mol. The highest BCUT2D eigenvalue weighted by Gasteiger charge is 2.19. The number of rotatable bonds is 4. The topological polar surface area (TPSA) is 65.4 Å². The number of nitrogens with zero attached hydrogens (tertiary/aromatic N) is 3. The van der Waals surface area contributed by atoms with E-state index in [1.54, 1.807) is 35.0 Å². The number of ether oxygens (including phenoxy) is 1. The third-order valence-corrected chi connectivity index (χ3v) is 4.22. The highest BCUT2D eigenvalue weighted by atomic mass is 19.1. The average Bonchev–Trinajstić information content (AvgIpc) is 3.00. The van der Waals surface area contributed by atoms with Gasteiger partial charge in [0.1, 0.15) is 29.5 Å². The number of aromatic nitrogens is 3. The quantitative estimate of drug-likeness (QED) is 0.605. The lowest BCUT2D eigenvalue weighted by Crippen LogP contribution is -1.99. The standard InChI is InChI=1S/C20H17FN4O/c1-13-24-18(19-20(22)23-10-11-25(13)19)15-8-5-9-16(17(15)21)26-12-14-6-3-2-4-7-14/h2-11H,12H2,1H3,(H2,22,23). The van der Waals surface area contributed by atoms with Crippen molar-refractivity contribution < 1.29 is 9.13 Å². The van der Waals surface area contributed by atoms with Crippen molar-refractivity contribution in [3.8, 4) is 17.0 Å². The van der Waals surface area contributed by atoms with Gasteiger partial charge in [0.2, 0.25) is 0 Å². The first kappa shape index (κ1) is 16.1. The number of hydrogen-bond acceptors (Lipinski definition) is 4. The van der Waals surface area contributed by atoms with Crippen LogP contribution in [0.3, 0.4) is 0 Å². The molecule has 0 atom stereocenters. The Hall–Kier alpha value is -3.41. The molecule has 0 fully saturated rings. The minimum absolute atomic E-state index is 0.174. The summed E-state index contributed by atoms with van der Waals surface area (Å²) in [6.45, 7) is 2.12. The van der Waals surface area contributed by atoms with Gasteiger partial charge in [0, 0.05) is 18.0 Å². The number of imidazole rings is 1. The van der Waals surface area contributed by atoms with Crippen LogP contribution in [0.5, 0.6) is 5.75 Å². The van der Waals surface area contributed by atoms with E-state index < -0.39 is 5.82 Å². The largest absolute Gasteiger partial charge is 0.486 e. The van der Waals surface area contributed by atoms with Crippen LogP contribution in [-0.4, -0.2) is 14.4 Å². The third-order valence-electron chi connectivity index (χ3n) is 4.22. The molecule has 0 unspecified atom stereocenters. The van der Waals surface area contributed by atoms with Gasteiger partial charge in [-0.2, -0.15) is 0 Å². The maximum Gasteiger partial charge on any atom is 0.174 e. The van der Waals surface area contributed by atoms with Gasteiger partial charge in [0.15, 0.2) is 11.6 Å². The smallest absolute Gasteiger partial charge is 0.174 e. The number of nitrogens with two attached hydrogens (primary N) is 1. The fourth-order valence-electron chi connectivity index (χ4n) is 2.94. The minimum atomic E-state index is -0.466. The second-order valence-electron chi connectivity index (χ2n) is 5.93. The molecule has 0 saturated carbocycles. The van der Waals surface area contributed by atoms with Crippen LogP contribution in [0, 0.1) is 12.7 Å². The van der Waals surface area contributed by atoms with E-state index in [2.05, 4.69) is 9.97 Å². The van der Waals surface area contributed by atoms with Gasteiger partial charge in [-0.25, -0.2) is 14.4 Å². The van der Waals surface area contributed by atoms with Gasteiger partial charge in [-0.15, -0.1) is 0 Å². The lowest BCUT2D eigenvalue weighted by Gasteiger charge is -2.10. The molecule has 0 amide bonds. The summed E-state index contributed by atoms with van der Waals surface area (Å²) < 4.78 is 22.6. The van der Waals surface area contributed by atoms with Crippen molar-refractivity contribution in [2.45, 2.75) is 13.5 Å². The first-order chi connectivity index (χ1) is 12.6. The fraction of sp³-hybridized carbons (Fsp3) is 0.100. The molecule has 0 radical (unpaired) electrons. The molecule has 2 aromatic heterocycles. The SMILES string of the molecule is Cc1nc(-c2cccc(OCc3ccccc3)c2F)c2c(N)nccn12. The first-order valence-corrected chi connectivity index (χ1v) is 8.20. The molecule has 130 valence electrons. The highest BCUT2D eigenvalue weighted by Crippen LogP contribution is 2.33. The average molecular weight is 348 g/mol. The van der Waals surface area contributed by atoms with Gasteiger partial charge >= 0.3 is 0 Å². The zero-order chi connectivity index (χ0) is 18.1. The molecule has 4 rings (SSSR count). The van der Waals surface area contributed by atoms with E-state index in [1.165, 1.54) is 0 Å². The molecule has 0 aliphatic rings. The molecule has 0 bridgehead atoms. The molecule has 2 heterocycles. The number of hydrogen-bond donors (Lipinski definition) is 1. The van der Waals surface area contributed by atoms with Crippen molar-refractivity contribution in [1.29, 1.82) is 0 Å². The van der Waals surface area contributed by atoms with Gasteiger partial charge in [0.25, 0.3) is 0 Å². The molecule has 26 heavy (non-hydrogen) atoms. The van der Waals surface area contributed by atoms with Gasteiger partial charge < -0.3 is 10.5 Å². The number of nitrogen functional groups attached to an aromatic ring is 1. The zero-order valence-electron chi connectivity index (χ0n) is 14.2. The minimum Gasteiger partial charge on any atom is -0.486 e. The molecule has 0 spiro atoms. The summed E-state index contributed by atoms with van der Waals surface area (Å²) in [5, 5.41) is 0. The summed E-state index contributed by atoms with van der Waals surface area (Å²) in [5.74, 6) is 0.719. The maximum atomic E-state index is 15.1. The predicted molar refractivity (Wildman–Crippen MR) is 98.3 cm³/mol. The van der Waals surface area contributed by atoms with Gasteiger partial charge in [-0.05, 0) is 24.6 Å². The Labute approximate surface area is 149 Å². The van der Waals surface area contributed by atoms with Crippen molar-refractivity contribution in [3.63, 3.8) is 0 Å². The molecule has 4 aromatic rings. The van der Waals surface area contributed by atoms with E-state index in [9.17, 15) is 0 Å². The van der Waals surface area contributed by atoms with Crippen molar-refractivity contribution in [2.75, 3.05) is 5.73 Å². The van der Waals surface area contributed by atoms with Crippen LogP contribution in [0.1, 0.15) is 11.4 Å². The Morgan fingerprint density at radius 1 is 1.12 bits per heavy atom. The first-order valence-electron chi connectivity index (χ1n) is 8.20. The number of anilines is 1. The Morgan fingerprint density at radius 2 is 1.92 bits per heavy atom. The van der Waals surface area contributed by atoms with E-state index in [-0.39, 0.29) is 12.4 Å². The van der Waals surface area contributed by atoms with Crippen molar-refractivity contribution in [2.24, 2.45) is 0 Å². The summed E-state index contributed by atoms with van der Waals surface area (Å²) in [5.41, 5.74) is 8.35.